The number of hydrogen-bond donors (Lipinski definition) is 0. The minimum absolute atomic E-state index is 0.154. The molecule has 3 aromatic rings. The number of hydrogen-bond acceptors (Lipinski definition) is 0. The van der Waals surface area contributed by atoms with Crippen molar-refractivity contribution in [3.05, 3.63) is 119 Å². The molecule has 0 saturated heterocycles. The van der Waals surface area contributed by atoms with Gasteiger partial charge in [-0.25, -0.2) is 0 Å². The highest BCUT2D eigenvalue weighted by molar-refractivity contribution is 5.86. The Hall–Kier alpha value is -2.86. The molecule has 0 heteroatoms. The first-order valence-electron chi connectivity index (χ1n) is 9.54. The standard InChI is InChI=1S/C26H20/c1-2-10-19(11-3-1)26(25-16-8-9-18-17-22(18)25)23-14-6-4-12-20(23)21-13-5-7-15-24(21)26/h1-16,18,22H,17H2. The van der Waals surface area contributed by atoms with E-state index < -0.39 is 0 Å². The first-order valence-corrected chi connectivity index (χ1v) is 9.54. The van der Waals surface area contributed by atoms with Gasteiger partial charge in [0.1, 0.15) is 0 Å². The van der Waals surface area contributed by atoms with Gasteiger partial charge in [0.25, 0.3) is 0 Å². The number of allylic oxidation sites excluding steroid dienone is 4. The molecule has 26 heavy (non-hydrogen) atoms. The van der Waals surface area contributed by atoms with Crippen LogP contribution in [0.4, 0.5) is 0 Å². The summed E-state index contributed by atoms with van der Waals surface area (Å²) in [5.74, 6) is 1.41. The van der Waals surface area contributed by atoms with E-state index >= 15 is 0 Å². The van der Waals surface area contributed by atoms with E-state index in [-0.39, 0.29) is 5.41 Å². The first-order chi connectivity index (χ1) is 12.9. The van der Waals surface area contributed by atoms with Gasteiger partial charge >= 0.3 is 0 Å². The topological polar surface area (TPSA) is 0 Å². The summed E-state index contributed by atoms with van der Waals surface area (Å²) in [6.45, 7) is 0. The monoisotopic (exact) mass is 332 g/mol. The Kier molecular flexibility index (Phi) is 2.80. The van der Waals surface area contributed by atoms with Gasteiger partial charge in [0.15, 0.2) is 0 Å². The van der Waals surface area contributed by atoms with E-state index in [4.69, 9.17) is 0 Å². The van der Waals surface area contributed by atoms with Crippen molar-refractivity contribution in [3.8, 4) is 11.1 Å². The molecule has 6 rings (SSSR count). The van der Waals surface area contributed by atoms with Crippen LogP contribution in [0.1, 0.15) is 23.1 Å². The van der Waals surface area contributed by atoms with Crippen molar-refractivity contribution in [3.63, 3.8) is 0 Å². The fourth-order valence-corrected chi connectivity index (χ4v) is 5.33. The van der Waals surface area contributed by atoms with E-state index in [0.29, 0.717) is 5.92 Å². The summed E-state index contributed by atoms with van der Waals surface area (Å²) in [7, 11) is 0. The Bertz CT molecular complexity index is 1020. The fourth-order valence-electron chi connectivity index (χ4n) is 5.33. The van der Waals surface area contributed by atoms with Crippen LogP contribution in [0.2, 0.25) is 0 Å². The van der Waals surface area contributed by atoms with Crippen LogP contribution in [0.15, 0.2) is 103 Å². The summed E-state index contributed by atoms with van der Waals surface area (Å²) in [5.41, 5.74) is 8.48. The molecule has 0 aromatic heterocycles. The SMILES string of the molecule is C1=CC2CC2C(C2(c3ccccc3)c3ccccc3-c3ccccc32)=C1. The van der Waals surface area contributed by atoms with E-state index in [1.807, 2.05) is 0 Å². The second-order valence-electron chi connectivity index (χ2n) is 7.72. The van der Waals surface area contributed by atoms with Crippen molar-refractivity contribution in [2.24, 2.45) is 11.8 Å². The quantitative estimate of drug-likeness (QED) is 0.529. The second-order valence-corrected chi connectivity index (χ2v) is 7.72. The third-order valence-corrected chi connectivity index (χ3v) is 6.47. The van der Waals surface area contributed by atoms with Crippen molar-refractivity contribution in [2.75, 3.05) is 0 Å². The molecule has 1 fully saturated rings. The number of benzene rings is 3. The van der Waals surface area contributed by atoms with Crippen molar-refractivity contribution < 1.29 is 0 Å². The van der Waals surface area contributed by atoms with Crippen LogP contribution in [0.3, 0.4) is 0 Å². The lowest BCUT2D eigenvalue weighted by Gasteiger charge is -2.37. The Labute approximate surface area is 154 Å². The van der Waals surface area contributed by atoms with Crippen LogP contribution >= 0.6 is 0 Å². The van der Waals surface area contributed by atoms with Crippen molar-refractivity contribution in [1.29, 1.82) is 0 Å². The molecule has 124 valence electrons. The highest BCUT2D eigenvalue weighted by Crippen LogP contribution is 2.63. The lowest BCUT2D eigenvalue weighted by Crippen LogP contribution is -2.31. The third-order valence-electron chi connectivity index (χ3n) is 6.47. The first kappa shape index (κ1) is 14.3. The maximum Gasteiger partial charge on any atom is 0.0679 e. The van der Waals surface area contributed by atoms with Crippen molar-refractivity contribution in [2.45, 2.75) is 11.8 Å². The van der Waals surface area contributed by atoms with Crippen LogP contribution in [0.25, 0.3) is 11.1 Å². The van der Waals surface area contributed by atoms with Gasteiger partial charge in [-0.1, -0.05) is 97.1 Å². The van der Waals surface area contributed by atoms with Crippen LogP contribution in [-0.4, -0.2) is 0 Å². The summed E-state index contributed by atoms with van der Waals surface area (Å²) in [6, 6.07) is 29.1. The average Bonchev–Trinajstić information content (AvgIpc) is 3.45. The zero-order valence-electron chi connectivity index (χ0n) is 14.6. The molecule has 2 unspecified atom stereocenters. The van der Waals surface area contributed by atoms with Gasteiger partial charge in [-0.05, 0) is 51.6 Å². The average molecular weight is 332 g/mol. The predicted octanol–water partition coefficient (Wildman–Crippen LogP) is 6.13. The maximum absolute atomic E-state index is 2.40. The lowest BCUT2D eigenvalue weighted by atomic mass is 9.65. The van der Waals surface area contributed by atoms with E-state index in [0.717, 1.165) is 5.92 Å². The van der Waals surface area contributed by atoms with Crippen molar-refractivity contribution in [1.82, 2.24) is 0 Å². The van der Waals surface area contributed by atoms with Gasteiger partial charge in [-0.2, -0.15) is 0 Å². The molecule has 0 radical (unpaired) electrons. The molecule has 0 amide bonds. The molecule has 0 N–H and O–H groups in total. The van der Waals surface area contributed by atoms with E-state index in [2.05, 4.69) is 97.1 Å². The molecular weight excluding hydrogens is 312 g/mol. The van der Waals surface area contributed by atoms with E-state index in [1.165, 1.54) is 34.2 Å². The molecule has 0 nitrogen and oxygen atoms in total. The van der Waals surface area contributed by atoms with Gasteiger partial charge < -0.3 is 0 Å². The maximum atomic E-state index is 2.40. The third kappa shape index (κ3) is 1.69. The molecule has 0 spiro atoms. The molecule has 2 atom stereocenters. The highest BCUT2D eigenvalue weighted by atomic mass is 14.6. The highest BCUT2D eigenvalue weighted by Gasteiger charge is 2.53. The summed E-state index contributed by atoms with van der Waals surface area (Å²) in [5, 5.41) is 0. The minimum Gasteiger partial charge on any atom is -0.0808 e. The van der Waals surface area contributed by atoms with E-state index in [9.17, 15) is 0 Å². The van der Waals surface area contributed by atoms with Crippen LogP contribution in [0.5, 0.6) is 0 Å². The van der Waals surface area contributed by atoms with Gasteiger partial charge in [-0.3, -0.25) is 0 Å². The predicted molar refractivity (Wildman–Crippen MR) is 107 cm³/mol. The molecule has 0 aliphatic heterocycles. The Morgan fingerprint density at radius 2 is 1.31 bits per heavy atom. The second kappa shape index (κ2) is 5.08. The Morgan fingerprint density at radius 1 is 0.692 bits per heavy atom. The van der Waals surface area contributed by atoms with E-state index in [1.54, 1.807) is 5.57 Å². The largest absolute Gasteiger partial charge is 0.0808 e. The molecule has 1 saturated carbocycles. The molecular formula is C26H20. The molecule has 3 aliphatic rings. The van der Waals surface area contributed by atoms with Gasteiger partial charge in [0, 0.05) is 0 Å². The summed E-state index contributed by atoms with van der Waals surface area (Å²) < 4.78 is 0. The summed E-state index contributed by atoms with van der Waals surface area (Å²) in [6.07, 6.45) is 8.37. The molecule has 3 aliphatic carbocycles. The smallest absolute Gasteiger partial charge is 0.0679 e. The number of fused-ring (bicyclic) bond motifs is 4. The zero-order valence-corrected chi connectivity index (χ0v) is 14.6. The van der Waals surface area contributed by atoms with Crippen molar-refractivity contribution >= 4 is 0 Å². The Balaban J connectivity index is 1.77. The summed E-state index contributed by atoms with van der Waals surface area (Å²) in [4.78, 5) is 0. The zero-order chi connectivity index (χ0) is 17.1. The fraction of sp³-hybridized carbons (Fsp3) is 0.154. The lowest BCUT2D eigenvalue weighted by molar-refractivity contribution is 0.670. The number of rotatable bonds is 2. The van der Waals surface area contributed by atoms with Gasteiger partial charge in [0.2, 0.25) is 0 Å². The summed E-state index contributed by atoms with van der Waals surface area (Å²) >= 11 is 0. The Morgan fingerprint density at radius 3 is 2.00 bits per heavy atom. The van der Waals surface area contributed by atoms with Gasteiger partial charge in [0.05, 0.1) is 5.41 Å². The van der Waals surface area contributed by atoms with Crippen LogP contribution in [0, 0.1) is 11.8 Å². The normalized spacial score (nSPS) is 23.6. The van der Waals surface area contributed by atoms with Crippen LogP contribution < -0.4 is 0 Å². The molecule has 3 aromatic carbocycles. The van der Waals surface area contributed by atoms with Crippen LogP contribution in [-0.2, 0) is 5.41 Å². The van der Waals surface area contributed by atoms with Gasteiger partial charge in [-0.15, -0.1) is 0 Å². The molecule has 0 bridgehead atoms. The molecule has 0 heterocycles. The minimum atomic E-state index is -0.154.